The highest BCUT2D eigenvalue weighted by atomic mass is 79.9. The van der Waals surface area contributed by atoms with E-state index in [-0.39, 0.29) is 6.61 Å². The number of thioether (sulfide) groups is 1. The van der Waals surface area contributed by atoms with Gasteiger partial charge in [-0.2, -0.15) is 0 Å². The Kier molecular flexibility index (Phi) is 5.65. The van der Waals surface area contributed by atoms with Gasteiger partial charge < -0.3 is 10.6 Å². The van der Waals surface area contributed by atoms with Gasteiger partial charge in [-0.25, -0.2) is 4.68 Å². The lowest BCUT2D eigenvalue weighted by molar-refractivity contribution is 0.288. The zero-order valence-electron chi connectivity index (χ0n) is 14.1. The number of hydrogen-bond donors (Lipinski definition) is 1. The van der Waals surface area contributed by atoms with Gasteiger partial charge in [-0.1, -0.05) is 64.1 Å². The normalized spacial score (nSPS) is 10.8. The molecule has 0 radical (unpaired) electrons. The van der Waals surface area contributed by atoms with E-state index in [9.17, 15) is 0 Å². The maximum absolute atomic E-state index is 6.12. The Labute approximate surface area is 159 Å². The maximum Gasteiger partial charge on any atom is 0.210 e. The van der Waals surface area contributed by atoms with Crippen LogP contribution < -0.4 is 10.6 Å². The van der Waals surface area contributed by atoms with Crippen LogP contribution in [0.2, 0.25) is 0 Å². The van der Waals surface area contributed by atoms with Crippen LogP contribution >= 0.6 is 27.7 Å². The number of halogens is 1. The summed E-state index contributed by atoms with van der Waals surface area (Å²) in [6.07, 6.45) is 0. The number of nitrogen functional groups attached to an aromatic ring is 1. The van der Waals surface area contributed by atoms with Crippen molar-refractivity contribution in [2.45, 2.75) is 31.4 Å². The van der Waals surface area contributed by atoms with Crippen molar-refractivity contribution in [3.05, 3.63) is 69.5 Å². The Bertz CT molecular complexity index is 861. The van der Waals surface area contributed by atoms with Gasteiger partial charge in [-0.15, -0.1) is 10.2 Å². The molecule has 2 aromatic carbocycles. The van der Waals surface area contributed by atoms with Crippen LogP contribution in [-0.2, 0) is 12.4 Å². The Morgan fingerprint density at radius 3 is 2.52 bits per heavy atom. The van der Waals surface area contributed by atoms with Crippen LogP contribution in [0.25, 0.3) is 0 Å². The van der Waals surface area contributed by atoms with Crippen LogP contribution in [0.3, 0.4) is 0 Å². The second-order valence-electron chi connectivity index (χ2n) is 5.66. The lowest BCUT2D eigenvalue weighted by atomic mass is 10.1. The number of ether oxygens (including phenoxy) is 1. The molecule has 0 saturated heterocycles. The fourth-order valence-electron chi connectivity index (χ4n) is 2.43. The third kappa shape index (κ3) is 4.16. The summed E-state index contributed by atoms with van der Waals surface area (Å²) in [5, 5.41) is 8.99. The second kappa shape index (κ2) is 7.93. The van der Waals surface area contributed by atoms with E-state index in [0.29, 0.717) is 11.0 Å². The van der Waals surface area contributed by atoms with Crippen LogP contribution in [0, 0.1) is 13.8 Å². The molecule has 0 aliphatic rings. The summed E-state index contributed by atoms with van der Waals surface area (Å²) in [6.45, 7) is 4.33. The van der Waals surface area contributed by atoms with E-state index in [1.54, 1.807) is 11.8 Å². The van der Waals surface area contributed by atoms with Crippen molar-refractivity contribution in [1.29, 1.82) is 0 Å². The van der Waals surface area contributed by atoms with E-state index in [2.05, 4.69) is 32.2 Å². The number of nitrogens with two attached hydrogens (primary N) is 1. The van der Waals surface area contributed by atoms with Gasteiger partial charge in [0.15, 0.2) is 5.82 Å². The summed E-state index contributed by atoms with van der Waals surface area (Å²) >= 11 is 5.09. The first-order valence-electron chi connectivity index (χ1n) is 7.81. The summed E-state index contributed by atoms with van der Waals surface area (Å²) in [6, 6.07) is 14.2. The Morgan fingerprint density at radius 1 is 1.08 bits per heavy atom. The molecule has 0 aliphatic carbocycles. The van der Waals surface area contributed by atoms with E-state index in [0.717, 1.165) is 27.1 Å². The average molecular weight is 419 g/mol. The molecule has 3 rings (SSSR count). The van der Waals surface area contributed by atoms with E-state index >= 15 is 0 Å². The van der Waals surface area contributed by atoms with Gasteiger partial charge in [0, 0.05) is 10.2 Å². The van der Waals surface area contributed by atoms with Gasteiger partial charge >= 0.3 is 0 Å². The van der Waals surface area contributed by atoms with Gasteiger partial charge in [-0.05, 0) is 36.6 Å². The maximum atomic E-state index is 6.12. The summed E-state index contributed by atoms with van der Waals surface area (Å²) in [7, 11) is 0. The molecule has 0 fully saturated rings. The van der Waals surface area contributed by atoms with Crippen molar-refractivity contribution in [2.75, 3.05) is 5.84 Å². The Balaban J connectivity index is 1.66. The number of para-hydroxylation sites is 1. The highest BCUT2D eigenvalue weighted by molar-refractivity contribution is 9.10. The van der Waals surface area contributed by atoms with E-state index in [4.69, 9.17) is 10.6 Å². The minimum absolute atomic E-state index is 0.283. The zero-order chi connectivity index (χ0) is 17.8. The first kappa shape index (κ1) is 17.8. The van der Waals surface area contributed by atoms with Gasteiger partial charge in [-0.3, -0.25) is 0 Å². The molecule has 1 heterocycles. The van der Waals surface area contributed by atoms with Crippen molar-refractivity contribution in [3.63, 3.8) is 0 Å². The molecule has 5 nitrogen and oxygen atoms in total. The molecule has 0 atom stereocenters. The number of aromatic nitrogens is 3. The monoisotopic (exact) mass is 418 g/mol. The number of aryl methyl sites for hydroxylation is 2. The van der Waals surface area contributed by atoms with Crippen LogP contribution in [0.1, 0.15) is 22.5 Å². The lowest BCUT2D eigenvalue weighted by Crippen LogP contribution is -2.16. The van der Waals surface area contributed by atoms with E-state index in [1.807, 2.05) is 50.2 Å². The Morgan fingerprint density at radius 2 is 1.80 bits per heavy atom. The average Bonchev–Trinajstić information content (AvgIpc) is 2.94. The molecule has 25 heavy (non-hydrogen) atoms. The van der Waals surface area contributed by atoms with Gasteiger partial charge in [0.25, 0.3) is 0 Å². The summed E-state index contributed by atoms with van der Waals surface area (Å²) in [5.41, 5.74) is 3.36. The SMILES string of the molecule is Cc1cccc(C)c1OCc1nnc(SCc2ccccc2Br)n1N. The molecule has 1 aromatic heterocycles. The van der Waals surface area contributed by atoms with E-state index < -0.39 is 0 Å². The predicted octanol–water partition coefficient (Wildman–Crippen LogP) is 4.24. The van der Waals surface area contributed by atoms with Crippen molar-refractivity contribution >= 4 is 27.7 Å². The van der Waals surface area contributed by atoms with Gasteiger partial charge in [0.2, 0.25) is 5.16 Å². The predicted molar refractivity (Wildman–Crippen MR) is 104 cm³/mol. The topological polar surface area (TPSA) is 66.0 Å². The van der Waals surface area contributed by atoms with Crippen molar-refractivity contribution in [2.24, 2.45) is 0 Å². The number of nitrogens with zero attached hydrogens (tertiary/aromatic N) is 3. The zero-order valence-corrected chi connectivity index (χ0v) is 16.5. The molecule has 2 N–H and O–H groups in total. The fraction of sp³-hybridized carbons (Fsp3) is 0.222. The van der Waals surface area contributed by atoms with Crippen LogP contribution in [0.5, 0.6) is 5.75 Å². The highest BCUT2D eigenvalue weighted by Gasteiger charge is 2.13. The molecular formula is C18H19BrN4OS. The lowest BCUT2D eigenvalue weighted by Gasteiger charge is -2.11. The highest BCUT2D eigenvalue weighted by Crippen LogP contribution is 2.26. The quantitative estimate of drug-likeness (QED) is 0.478. The number of benzene rings is 2. The number of hydrogen-bond acceptors (Lipinski definition) is 5. The first-order chi connectivity index (χ1) is 12.1. The molecule has 0 aliphatic heterocycles. The summed E-state index contributed by atoms with van der Waals surface area (Å²) < 4.78 is 8.48. The van der Waals surface area contributed by atoms with Crippen molar-refractivity contribution in [3.8, 4) is 5.75 Å². The molecule has 0 bridgehead atoms. The minimum atomic E-state index is 0.283. The van der Waals surface area contributed by atoms with Crippen LogP contribution in [0.4, 0.5) is 0 Å². The van der Waals surface area contributed by atoms with Crippen molar-refractivity contribution in [1.82, 2.24) is 14.9 Å². The van der Waals surface area contributed by atoms with E-state index in [1.165, 1.54) is 10.2 Å². The minimum Gasteiger partial charge on any atom is -0.485 e. The largest absolute Gasteiger partial charge is 0.485 e. The molecular weight excluding hydrogens is 400 g/mol. The Hall–Kier alpha value is -1.99. The van der Waals surface area contributed by atoms with Crippen LogP contribution in [-0.4, -0.2) is 14.9 Å². The molecule has 0 unspecified atom stereocenters. The smallest absolute Gasteiger partial charge is 0.210 e. The third-order valence-corrected chi connectivity index (χ3v) is 5.57. The van der Waals surface area contributed by atoms with Gasteiger partial charge in [0.05, 0.1) is 0 Å². The molecule has 7 heteroatoms. The molecule has 0 saturated carbocycles. The molecule has 3 aromatic rings. The van der Waals surface area contributed by atoms with Gasteiger partial charge in [0.1, 0.15) is 12.4 Å². The second-order valence-corrected chi connectivity index (χ2v) is 7.46. The van der Waals surface area contributed by atoms with Crippen LogP contribution in [0.15, 0.2) is 52.1 Å². The molecule has 0 spiro atoms. The molecule has 130 valence electrons. The fourth-order valence-corrected chi connectivity index (χ4v) is 3.92. The third-order valence-electron chi connectivity index (χ3n) is 3.80. The number of rotatable bonds is 6. The summed E-state index contributed by atoms with van der Waals surface area (Å²) in [4.78, 5) is 0. The first-order valence-corrected chi connectivity index (χ1v) is 9.58. The standard InChI is InChI=1S/C18H19BrN4OS/c1-12-6-5-7-13(2)17(12)24-10-16-21-22-18(23(16)20)25-11-14-8-3-4-9-15(14)19/h3-9H,10-11,20H2,1-2H3. The summed E-state index contributed by atoms with van der Waals surface area (Å²) in [5.74, 6) is 8.35. The molecule has 0 amide bonds. The van der Waals surface area contributed by atoms with Crippen molar-refractivity contribution < 1.29 is 4.74 Å².